The maximum absolute atomic E-state index is 11.0. The Morgan fingerprint density at radius 2 is 1.88 bits per heavy atom. The maximum Gasteiger partial charge on any atom is 0.303 e. The first-order chi connectivity index (χ1) is 12.4. The summed E-state index contributed by atoms with van der Waals surface area (Å²) in [6.45, 7) is 5.77. The lowest BCUT2D eigenvalue weighted by Crippen LogP contribution is -2.01. The SMILES string of the molecule is Cc1cc(-c2nc(-c3cc(C)c(CCC(=O)O)c(C)c3)no2)sc1C=O. The van der Waals surface area contributed by atoms with Gasteiger partial charge in [-0.2, -0.15) is 4.98 Å². The average molecular weight is 370 g/mol. The molecule has 0 aliphatic rings. The minimum absolute atomic E-state index is 0.101. The van der Waals surface area contributed by atoms with Crippen LogP contribution in [0.1, 0.15) is 38.3 Å². The number of aldehydes is 1. The molecule has 0 atom stereocenters. The van der Waals surface area contributed by atoms with Gasteiger partial charge < -0.3 is 9.63 Å². The molecule has 0 saturated heterocycles. The van der Waals surface area contributed by atoms with Crippen molar-refractivity contribution in [3.05, 3.63) is 45.3 Å². The van der Waals surface area contributed by atoms with Crippen molar-refractivity contribution in [1.82, 2.24) is 10.1 Å². The summed E-state index contributed by atoms with van der Waals surface area (Å²) in [5.41, 5.74) is 4.74. The summed E-state index contributed by atoms with van der Waals surface area (Å²) in [4.78, 5) is 27.7. The molecule has 2 aromatic heterocycles. The number of carbonyl (C=O) groups is 2. The van der Waals surface area contributed by atoms with Crippen molar-refractivity contribution in [2.75, 3.05) is 0 Å². The Morgan fingerprint density at radius 3 is 2.46 bits per heavy atom. The number of carboxylic acids is 1. The standard InChI is InChI=1S/C19H18N2O4S/c1-10-6-13(7-11(2)14(10)4-5-17(23)24)18-20-19(25-21-18)15-8-12(3)16(9-22)26-15/h6-9H,4-5H2,1-3H3,(H,23,24). The van der Waals surface area contributed by atoms with E-state index < -0.39 is 5.97 Å². The van der Waals surface area contributed by atoms with Gasteiger partial charge in [0.15, 0.2) is 6.29 Å². The molecular weight excluding hydrogens is 352 g/mol. The van der Waals surface area contributed by atoms with Gasteiger partial charge in [-0.05, 0) is 67.6 Å². The van der Waals surface area contributed by atoms with E-state index in [-0.39, 0.29) is 6.42 Å². The fourth-order valence-electron chi connectivity index (χ4n) is 2.91. The molecule has 3 aromatic rings. The Kier molecular flexibility index (Phi) is 4.99. The molecule has 7 heteroatoms. The smallest absolute Gasteiger partial charge is 0.303 e. The number of carboxylic acid groups (broad SMARTS) is 1. The molecule has 0 spiro atoms. The number of aromatic nitrogens is 2. The van der Waals surface area contributed by atoms with E-state index in [9.17, 15) is 9.59 Å². The zero-order valence-corrected chi connectivity index (χ0v) is 15.5. The molecule has 0 radical (unpaired) electrons. The zero-order valence-electron chi connectivity index (χ0n) is 14.7. The second kappa shape index (κ2) is 7.21. The third-order valence-corrected chi connectivity index (χ3v) is 5.39. The van der Waals surface area contributed by atoms with Gasteiger partial charge in [-0.25, -0.2) is 0 Å². The lowest BCUT2D eigenvalue weighted by molar-refractivity contribution is -0.136. The van der Waals surface area contributed by atoms with Crippen LogP contribution < -0.4 is 0 Å². The van der Waals surface area contributed by atoms with E-state index in [1.165, 1.54) is 11.3 Å². The van der Waals surface area contributed by atoms with E-state index >= 15 is 0 Å². The molecule has 0 aliphatic carbocycles. The Labute approximate surface area is 154 Å². The Balaban J connectivity index is 1.91. The summed E-state index contributed by atoms with van der Waals surface area (Å²) >= 11 is 1.32. The highest BCUT2D eigenvalue weighted by atomic mass is 32.1. The molecule has 2 heterocycles. The quantitative estimate of drug-likeness (QED) is 0.653. The predicted molar refractivity (Wildman–Crippen MR) is 98.6 cm³/mol. The Hall–Kier alpha value is -2.80. The summed E-state index contributed by atoms with van der Waals surface area (Å²) in [5, 5.41) is 12.9. The lowest BCUT2D eigenvalue weighted by atomic mass is 9.95. The number of carbonyl (C=O) groups excluding carboxylic acids is 1. The topological polar surface area (TPSA) is 93.3 Å². The summed E-state index contributed by atoms with van der Waals surface area (Å²) < 4.78 is 5.36. The van der Waals surface area contributed by atoms with Crippen LogP contribution in [0.15, 0.2) is 22.7 Å². The van der Waals surface area contributed by atoms with Crippen LogP contribution in [0, 0.1) is 20.8 Å². The highest BCUT2D eigenvalue weighted by Crippen LogP contribution is 2.31. The monoisotopic (exact) mass is 370 g/mol. The number of nitrogens with zero attached hydrogens (tertiary/aromatic N) is 2. The minimum atomic E-state index is -0.809. The van der Waals surface area contributed by atoms with Crippen molar-refractivity contribution in [3.63, 3.8) is 0 Å². The van der Waals surface area contributed by atoms with Gasteiger partial charge in [-0.3, -0.25) is 9.59 Å². The highest BCUT2D eigenvalue weighted by molar-refractivity contribution is 7.17. The molecule has 6 nitrogen and oxygen atoms in total. The van der Waals surface area contributed by atoms with Crippen LogP contribution >= 0.6 is 11.3 Å². The van der Waals surface area contributed by atoms with Crippen LogP contribution in [0.5, 0.6) is 0 Å². The number of hydrogen-bond acceptors (Lipinski definition) is 6. The van der Waals surface area contributed by atoms with Gasteiger partial charge in [-0.15, -0.1) is 11.3 Å². The number of aliphatic carboxylic acids is 1. The van der Waals surface area contributed by atoms with Crippen LogP contribution in [-0.4, -0.2) is 27.5 Å². The van der Waals surface area contributed by atoms with Crippen LogP contribution in [-0.2, 0) is 11.2 Å². The molecule has 134 valence electrons. The third kappa shape index (κ3) is 3.57. The predicted octanol–water partition coefficient (Wildman–Crippen LogP) is 4.22. The molecule has 1 aromatic carbocycles. The van der Waals surface area contributed by atoms with Gasteiger partial charge in [0.25, 0.3) is 5.89 Å². The molecule has 0 aliphatic heterocycles. The van der Waals surface area contributed by atoms with Crippen molar-refractivity contribution < 1.29 is 19.2 Å². The fourth-order valence-corrected chi connectivity index (χ4v) is 3.82. The van der Waals surface area contributed by atoms with Crippen molar-refractivity contribution in [1.29, 1.82) is 0 Å². The number of hydrogen-bond donors (Lipinski definition) is 1. The fraction of sp³-hybridized carbons (Fsp3) is 0.263. The first kappa shape index (κ1) is 18.0. The normalized spacial score (nSPS) is 10.9. The average Bonchev–Trinajstić information content (AvgIpc) is 3.20. The van der Waals surface area contributed by atoms with E-state index in [1.807, 2.05) is 39.0 Å². The molecule has 0 unspecified atom stereocenters. The van der Waals surface area contributed by atoms with Gasteiger partial charge in [-0.1, -0.05) is 5.16 Å². The second-order valence-electron chi connectivity index (χ2n) is 6.18. The highest BCUT2D eigenvalue weighted by Gasteiger charge is 2.16. The van der Waals surface area contributed by atoms with Gasteiger partial charge in [0.05, 0.1) is 9.75 Å². The lowest BCUT2D eigenvalue weighted by Gasteiger charge is -2.10. The van der Waals surface area contributed by atoms with Gasteiger partial charge in [0.1, 0.15) is 0 Å². The van der Waals surface area contributed by atoms with E-state index in [0.717, 1.165) is 39.0 Å². The minimum Gasteiger partial charge on any atom is -0.481 e. The Bertz CT molecular complexity index is 964. The molecule has 0 fully saturated rings. The molecular formula is C19H18N2O4S. The molecule has 1 N–H and O–H groups in total. The number of benzene rings is 1. The van der Waals surface area contributed by atoms with Crippen LogP contribution in [0.4, 0.5) is 0 Å². The van der Waals surface area contributed by atoms with Crippen molar-refractivity contribution in [3.8, 4) is 22.2 Å². The van der Waals surface area contributed by atoms with Crippen molar-refractivity contribution >= 4 is 23.6 Å². The van der Waals surface area contributed by atoms with Crippen LogP contribution in [0.25, 0.3) is 22.2 Å². The molecule has 3 rings (SSSR count). The van der Waals surface area contributed by atoms with E-state index in [1.54, 1.807) is 0 Å². The molecule has 0 saturated carbocycles. The van der Waals surface area contributed by atoms with Crippen molar-refractivity contribution in [2.45, 2.75) is 33.6 Å². The first-order valence-corrected chi connectivity index (χ1v) is 8.92. The van der Waals surface area contributed by atoms with Crippen LogP contribution in [0.2, 0.25) is 0 Å². The first-order valence-electron chi connectivity index (χ1n) is 8.11. The largest absolute Gasteiger partial charge is 0.481 e. The van der Waals surface area contributed by atoms with E-state index in [0.29, 0.717) is 23.0 Å². The summed E-state index contributed by atoms with van der Waals surface area (Å²) in [5.74, 6) is 0.0396. The van der Waals surface area contributed by atoms with Gasteiger partial charge >= 0.3 is 5.97 Å². The zero-order chi connectivity index (χ0) is 18.8. The Morgan fingerprint density at radius 1 is 1.19 bits per heavy atom. The summed E-state index contributed by atoms with van der Waals surface area (Å²) in [6.07, 6.45) is 1.42. The van der Waals surface area contributed by atoms with Crippen LogP contribution in [0.3, 0.4) is 0 Å². The molecule has 0 amide bonds. The van der Waals surface area contributed by atoms with E-state index in [4.69, 9.17) is 9.63 Å². The van der Waals surface area contributed by atoms with Gasteiger partial charge in [0.2, 0.25) is 5.82 Å². The second-order valence-corrected chi connectivity index (χ2v) is 7.27. The van der Waals surface area contributed by atoms with Crippen molar-refractivity contribution in [2.24, 2.45) is 0 Å². The number of thiophene rings is 1. The third-order valence-electron chi connectivity index (χ3n) is 4.24. The van der Waals surface area contributed by atoms with E-state index in [2.05, 4.69) is 10.1 Å². The number of rotatable bonds is 6. The summed E-state index contributed by atoms with van der Waals surface area (Å²) in [7, 11) is 0. The maximum atomic E-state index is 11.0. The number of aryl methyl sites for hydroxylation is 3. The van der Waals surface area contributed by atoms with Gasteiger partial charge in [0, 0.05) is 12.0 Å². The molecule has 26 heavy (non-hydrogen) atoms. The molecule has 0 bridgehead atoms. The summed E-state index contributed by atoms with van der Waals surface area (Å²) in [6, 6.07) is 5.74.